The van der Waals surface area contributed by atoms with Crippen molar-refractivity contribution >= 4 is 157 Å². The highest BCUT2D eigenvalue weighted by Crippen LogP contribution is 2.48. The van der Waals surface area contributed by atoms with E-state index in [1.807, 2.05) is 97.1 Å². The number of ether oxygens (including phenoxy) is 8. The Kier molecular flexibility index (Phi) is 27.8. The molecule has 2 atom stereocenters. The normalized spacial score (nSPS) is 12.3. The molecular formula is C73H62Br4Cl6O12. The van der Waals surface area contributed by atoms with Gasteiger partial charge in [0.2, 0.25) is 0 Å². The molecule has 0 aliphatic carbocycles. The van der Waals surface area contributed by atoms with Crippen LogP contribution in [-0.4, -0.2) is 88.9 Å². The van der Waals surface area contributed by atoms with Crippen LogP contribution in [0.25, 0.3) is 0 Å². The molecule has 0 fully saturated rings. The third-order valence-corrected chi connectivity index (χ3v) is 19.5. The second-order valence-corrected chi connectivity index (χ2v) is 28.1. The van der Waals surface area contributed by atoms with Crippen molar-refractivity contribution in [2.24, 2.45) is 0 Å². The van der Waals surface area contributed by atoms with Gasteiger partial charge in [-0.05, 0) is 205 Å². The first kappa shape index (κ1) is 75.1. The molecule has 12 nitrogen and oxygen atoms in total. The molecule has 0 radical (unpaired) electrons. The molecule has 0 bridgehead atoms. The van der Waals surface area contributed by atoms with Gasteiger partial charge in [-0.15, -0.1) is 0 Å². The number of halogens is 10. The summed E-state index contributed by atoms with van der Waals surface area (Å²) in [6.45, 7) is 10.3. The Hall–Kier alpha value is -5.70. The monoisotopic (exact) mass is 1660 g/mol. The number of hydrogen-bond donors (Lipinski definition) is 0. The Morgan fingerprint density at radius 2 is 0.632 bits per heavy atom. The topological polar surface area (TPSA) is 142 Å². The van der Waals surface area contributed by atoms with E-state index in [0.717, 1.165) is 56.7 Å². The number of rotatable bonds is 32. The van der Waals surface area contributed by atoms with Crippen LogP contribution in [0.2, 0.25) is 30.1 Å². The maximum Gasteiger partial charge on any atom is 0.330 e. The van der Waals surface area contributed by atoms with Crippen molar-refractivity contribution < 1.29 is 57.1 Å². The van der Waals surface area contributed by atoms with Crippen molar-refractivity contribution in [1.29, 1.82) is 0 Å². The van der Waals surface area contributed by atoms with Crippen LogP contribution in [0.5, 0.6) is 11.5 Å². The van der Waals surface area contributed by atoms with Crippen molar-refractivity contribution in [2.75, 3.05) is 52.9 Å². The summed E-state index contributed by atoms with van der Waals surface area (Å²) in [6, 6.07) is 51.3. The van der Waals surface area contributed by atoms with Crippen molar-refractivity contribution in [2.45, 2.75) is 55.1 Å². The minimum Gasteiger partial charge on any atom is -0.487 e. The second kappa shape index (κ2) is 35.2. The molecule has 0 amide bonds. The fraction of sp³-hybridized carbons (Fsp3) is 0.233. The molecule has 2 unspecified atom stereocenters. The molecule has 0 aromatic heterocycles. The largest absolute Gasteiger partial charge is 0.487 e. The molecule has 496 valence electrons. The third-order valence-electron chi connectivity index (χ3n) is 15.6. The van der Waals surface area contributed by atoms with Crippen LogP contribution in [0.4, 0.5) is 0 Å². The zero-order valence-electron chi connectivity index (χ0n) is 51.1. The van der Waals surface area contributed by atoms with Crippen molar-refractivity contribution in [3.63, 3.8) is 0 Å². The highest BCUT2D eigenvalue weighted by molar-refractivity contribution is 9.11. The number of esters is 4. The third kappa shape index (κ3) is 19.8. The van der Waals surface area contributed by atoms with Gasteiger partial charge in [0.15, 0.2) is 12.2 Å². The van der Waals surface area contributed by atoms with E-state index in [4.69, 9.17) is 108 Å². The molecule has 8 aromatic carbocycles. The predicted octanol–water partition coefficient (Wildman–Crippen LogP) is 19.9. The number of carbonyl (C=O) groups excluding carboxylic acids is 4. The van der Waals surface area contributed by atoms with Crippen LogP contribution in [0.1, 0.15) is 71.2 Å². The lowest BCUT2D eigenvalue weighted by atomic mass is 9.67. The SMILES string of the molecule is C=CC(=O)OCCOCC(COc1c(Br)cc(C(C)(C)c2cc(Br)c(OCC(COCCOC(=O)C=C)OC(=O)CC(c3ccc(Cl)cc3)(c3ccc(Cl)cc3)c3ccc(Cl)cc3)c(Br)c2)cc1Br)OC(=O)CC(c1ccc(Cl)cc1)(c1ccc(Cl)cc1)c1ccc(Cl)cc1. The Morgan fingerprint density at radius 3 is 0.863 bits per heavy atom. The van der Waals surface area contributed by atoms with E-state index >= 15 is 0 Å². The van der Waals surface area contributed by atoms with Crippen LogP contribution >= 0.6 is 133 Å². The molecule has 0 aliphatic heterocycles. The Morgan fingerprint density at radius 1 is 0.389 bits per heavy atom. The first-order valence-corrected chi connectivity index (χ1v) is 34.8. The van der Waals surface area contributed by atoms with Gasteiger partial charge in [0, 0.05) is 47.7 Å². The van der Waals surface area contributed by atoms with Gasteiger partial charge in [-0.1, -0.05) is 169 Å². The number of benzene rings is 8. The zero-order chi connectivity index (χ0) is 68.5. The summed E-state index contributed by atoms with van der Waals surface area (Å²) in [5.41, 5.74) is 3.34. The lowest BCUT2D eigenvalue weighted by Crippen LogP contribution is -2.36. The van der Waals surface area contributed by atoms with Crippen LogP contribution < -0.4 is 9.47 Å². The standard InChI is InChI=1S/C73H62Br4Cl6O12/c1-5-65(84)90-33-31-88-41-59(94-67(86)39-72(45-7-19-53(78)20-8-45,46-9-21-54(79)22-10-46)47-11-23-55(80)24-12-47)43-92-69-61(74)35-51(36-62(69)75)71(3,4)52-37-63(76)70(64(77)38-52)93-44-60(42-89-32-34-91-66(85)6-2)95-68(87)40-73(48-13-25-56(81)26-14-48,49-15-27-57(82)28-16-49)50-17-29-58(83)30-18-50/h5-30,35-38,59-60H,1-2,31-34,39-44H2,3-4H3. The minimum atomic E-state index is -1.12. The fourth-order valence-corrected chi connectivity index (χ4v) is 14.3. The van der Waals surface area contributed by atoms with Gasteiger partial charge in [0.1, 0.15) is 37.9 Å². The van der Waals surface area contributed by atoms with E-state index in [-0.39, 0.29) is 65.7 Å². The molecule has 22 heteroatoms. The number of hydrogen-bond acceptors (Lipinski definition) is 12. The highest BCUT2D eigenvalue weighted by atomic mass is 79.9. The van der Waals surface area contributed by atoms with Gasteiger partial charge >= 0.3 is 23.9 Å². The lowest BCUT2D eigenvalue weighted by Gasteiger charge is -2.36. The Labute approximate surface area is 615 Å². The van der Waals surface area contributed by atoms with Crippen molar-refractivity contribution in [3.8, 4) is 11.5 Å². The average Bonchev–Trinajstić information content (AvgIpc) is 0.774. The van der Waals surface area contributed by atoms with Gasteiger partial charge in [0.05, 0.1) is 68.0 Å². The molecule has 0 spiro atoms. The molecular weight excluding hydrogens is 1600 g/mol. The number of carbonyl (C=O) groups is 4. The molecule has 0 saturated carbocycles. The molecule has 0 aliphatic rings. The van der Waals surface area contributed by atoms with Crippen LogP contribution in [-0.2, 0) is 63.8 Å². The summed E-state index contributed by atoms with van der Waals surface area (Å²) in [7, 11) is 0. The molecule has 8 aromatic rings. The van der Waals surface area contributed by atoms with Gasteiger partial charge in [-0.25, -0.2) is 9.59 Å². The van der Waals surface area contributed by atoms with Gasteiger partial charge in [0.25, 0.3) is 0 Å². The average molecular weight is 1660 g/mol. The summed E-state index contributed by atoms with van der Waals surface area (Å²) < 4.78 is 50.1. The van der Waals surface area contributed by atoms with Gasteiger partial charge in [-0.2, -0.15) is 0 Å². The van der Waals surface area contributed by atoms with Gasteiger partial charge < -0.3 is 37.9 Å². The van der Waals surface area contributed by atoms with Gasteiger partial charge in [-0.3, -0.25) is 9.59 Å². The smallest absolute Gasteiger partial charge is 0.330 e. The predicted molar refractivity (Wildman–Crippen MR) is 388 cm³/mol. The van der Waals surface area contributed by atoms with E-state index < -0.39 is 52.3 Å². The van der Waals surface area contributed by atoms with E-state index in [1.165, 1.54) is 0 Å². The molecule has 95 heavy (non-hydrogen) atoms. The fourth-order valence-electron chi connectivity index (χ4n) is 10.7. The first-order chi connectivity index (χ1) is 45.4. The van der Waals surface area contributed by atoms with E-state index in [0.29, 0.717) is 59.5 Å². The summed E-state index contributed by atoms with van der Waals surface area (Å²) in [6.07, 6.45) is -0.222. The van der Waals surface area contributed by atoms with Crippen molar-refractivity contribution in [1.82, 2.24) is 0 Å². The van der Waals surface area contributed by atoms with Crippen LogP contribution in [0.15, 0.2) is 213 Å². The van der Waals surface area contributed by atoms with Crippen LogP contribution in [0.3, 0.4) is 0 Å². The maximum atomic E-state index is 14.7. The summed E-state index contributed by atoms with van der Waals surface area (Å²) in [4.78, 5) is 53.1. The first-order valence-electron chi connectivity index (χ1n) is 29.4. The summed E-state index contributed by atoms with van der Waals surface area (Å²) in [5.74, 6) is -1.57. The maximum absolute atomic E-state index is 14.7. The Bertz CT molecular complexity index is 3450. The molecule has 0 heterocycles. The van der Waals surface area contributed by atoms with E-state index in [2.05, 4.69) is 90.7 Å². The molecule has 8 rings (SSSR count). The van der Waals surface area contributed by atoms with Crippen molar-refractivity contribution in [3.05, 3.63) is 288 Å². The Balaban J connectivity index is 1.02. The summed E-state index contributed by atoms with van der Waals surface area (Å²) >= 11 is 53.6. The van der Waals surface area contributed by atoms with Crippen LogP contribution in [0, 0.1) is 0 Å². The quantitative estimate of drug-likeness (QED) is 0.0130. The highest BCUT2D eigenvalue weighted by Gasteiger charge is 2.42. The summed E-state index contributed by atoms with van der Waals surface area (Å²) in [5, 5.41) is 3.06. The van der Waals surface area contributed by atoms with E-state index in [9.17, 15) is 19.2 Å². The second-order valence-electron chi connectivity index (χ2n) is 22.1. The molecule has 0 saturated heterocycles. The lowest BCUT2D eigenvalue weighted by molar-refractivity contribution is -0.156. The van der Waals surface area contributed by atoms with E-state index in [1.54, 1.807) is 72.8 Å². The zero-order valence-corrected chi connectivity index (χ0v) is 62.0. The molecule has 0 N–H and O–H groups in total. The minimum absolute atomic E-state index is 0.0107.